The third-order valence-electron chi connectivity index (χ3n) is 6.78. The van der Waals surface area contributed by atoms with E-state index in [-0.39, 0.29) is 5.91 Å². The van der Waals surface area contributed by atoms with E-state index in [1.54, 1.807) is 0 Å². The minimum absolute atomic E-state index is 0.113. The number of carbonyl (C=O) groups is 1. The van der Waals surface area contributed by atoms with Crippen LogP contribution in [0, 0.1) is 30.6 Å². The maximum absolute atomic E-state index is 12.7. The number of anilines is 1. The fourth-order valence-electron chi connectivity index (χ4n) is 5.60. The number of hydrazone groups is 1. The van der Waals surface area contributed by atoms with E-state index in [0.29, 0.717) is 10.8 Å². The van der Waals surface area contributed by atoms with Crippen molar-refractivity contribution in [1.82, 2.24) is 10.4 Å². The second kappa shape index (κ2) is 6.60. The van der Waals surface area contributed by atoms with E-state index in [9.17, 15) is 4.79 Å². The maximum atomic E-state index is 12.7. The third kappa shape index (κ3) is 2.76. The van der Waals surface area contributed by atoms with Gasteiger partial charge in [-0.05, 0) is 50.4 Å². The molecule has 7 heteroatoms. The molecule has 1 amide bonds. The number of rotatable bonds is 3. The quantitative estimate of drug-likeness (QED) is 0.826. The van der Waals surface area contributed by atoms with E-state index in [2.05, 4.69) is 20.4 Å². The van der Waals surface area contributed by atoms with Gasteiger partial charge in [-0.3, -0.25) is 4.79 Å². The molecular weight excluding hydrogens is 348 g/mol. The van der Waals surface area contributed by atoms with Gasteiger partial charge in [-0.15, -0.1) is 0 Å². The summed E-state index contributed by atoms with van der Waals surface area (Å²) in [5.74, 6) is 3.11. The molecule has 0 unspecified atom stereocenters. The highest BCUT2D eigenvalue weighted by Crippen LogP contribution is 2.57. The number of thiazole rings is 1. The van der Waals surface area contributed by atoms with Crippen LogP contribution >= 0.6 is 11.3 Å². The fourth-order valence-corrected chi connectivity index (χ4v) is 6.61. The molecule has 6 nitrogen and oxygen atoms in total. The molecule has 4 atom stereocenters. The van der Waals surface area contributed by atoms with Crippen molar-refractivity contribution in [3.05, 3.63) is 10.6 Å². The lowest BCUT2D eigenvalue weighted by Crippen LogP contribution is -2.36. The van der Waals surface area contributed by atoms with Gasteiger partial charge in [-0.25, -0.2) is 10.4 Å². The molecule has 26 heavy (non-hydrogen) atoms. The van der Waals surface area contributed by atoms with E-state index in [4.69, 9.17) is 4.74 Å². The zero-order chi connectivity index (χ0) is 17.7. The number of morpholine rings is 1. The number of nitrogens with zero attached hydrogens (tertiary/aromatic N) is 3. The molecule has 4 aliphatic rings. The lowest BCUT2D eigenvalue weighted by molar-refractivity contribution is 0.0957. The first-order chi connectivity index (χ1) is 12.7. The Morgan fingerprint density at radius 2 is 2.12 bits per heavy atom. The number of amides is 1. The van der Waals surface area contributed by atoms with E-state index in [1.165, 1.54) is 42.7 Å². The molecule has 0 spiro atoms. The molecule has 1 N–H and O–H groups in total. The highest BCUT2D eigenvalue weighted by molar-refractivity contribution is 7.17. The molecular formula is C19H26N4O2S. The standard InChI is InChI=1S/C19H26N4O2S/c1-11-17(26-19(20-11)23-5-7-25-8-6-23)18(24)22-21-16-10-12-9-15(16)14-4-2-3-13(12)14/h12-15H,2-10H2,1H3,(H,22,24)/b21-16+/t12-,13+,14+,15+/m1/s1. The summed E-state index contributed by atoms with van der Waals surface area (Å²) in [7, 11) is 0. The first-order valence-electron chi connectivity index (χ1n) is 9.87. The normalized spacial score (nSPS) is 34.5. The van der Waals surface area contributed by atoms with E-state index < -0.39 is 0 Å². The predicted octanol–water partition coefficient (Wildman–Crippen LogP) is 2.83. The molecule has 1 saturated heterocycles. The summed E-state index contributed by atoms with van der Waals surface area (Å²) in [6.45, 7) is 5.02. The van der Waals surface area contributed by atoms with Gasteiger partial charge in [0.15, 0.2) is 5.13 Å². The van der Waals surface area contributed by atoms with E-state index in [1.807, 2.05) is 6.92 Å². The Labute approximate surface area is 158 Å². The summed E-state index contributed by atoms with van der Waals surface area (Å²) < 4.78 is 5.39. The largest absolute Gasteiger partial charge is 0.378 e. The molecule has 4 fully saturated rings. The molecule has 2 heterocycles. The van der Waals surface area contributed by atoms with Crippen molar-refractivity contribution in [2.75, 3.05) is 31.2 Å². The minimum atomic E-state index is -0.113. The predicted molar refractivity (Wildman–Crippen MR) is 102 cm³/mol. The van der Waals surface area contributed by atoms with Gasteiger partial charge in [0.25, 0.3) is 5.91 Å². The van der Waals surface area contributed by atoms with E-state index in [0.717, 1.165) is 61.3 Å². The number of ether oxygens (including phenoxy) is 1. The summed E-state index contributed by atoms with van der Waals surface area (Å²) in [6, 6.07) is 0. The molecule has 0 aromatic carbocycles. The van der Waals surface area contributed by atoms with Crippen molar-refractivity contribution >= 4 is 28.1 Å². The van der Waals surface area contributed by atoms with Crippen LogP contribution in [-0.2, 0) is 4.74 Å². The minimum Gasteiger partial charge on any atom is -0.378 e. The molecule has 0 radical (unpaired) electrons. The molecule has 5 rings (SSSR count). The van der Waals surface area contributed by atoms with Crippen LogP contribution in [0.4, 0.5) is 5.13 Å². The summed E-state index contributed by atoms with van der Waals surface area (Å²) in [5, 5.41) is 5.48. The van der Waals surface area contributed by atoms with Crippen LogP contribution in [0.1, 0.15) is 47.5 Å². The zero-order valence-electron chi connectivity index (χ0n) is 15.2. The number of carbonyl (C=O) groups excluding carboxylic acids is 1. The van der Waals surface area contributed by atoms with Crippen LogP contribution in [-0.4, -0.2) is 42.9 Å². The molecule has 3 saturated carbocycles. The summed E-state index contributed by atoms with van der Waals surface area (Å²) >= 11 is 1.47. The summed E-state index contributed by atoms with van der Waals surface area (Å²) in [4.78, 5) is 20.1. The van der Waals surface area contributed by atoms with E-state index >= 15 is 0 Å². The Kier molecular flexibility index (Phi) is 4.24. The molecule has 1 aromatic rings. The first-order valence-corrected chi connectivity index (χ1v) is 10.7. The molecule has 1 aromatic heterocycles. The SMILES string of the molecule is Cc1nc(N2CCOCC2)sc1C(=O)N/N=C1\C[C@H]2C[C@H]1[C@H]1CCC[C@@H]21. The van der Waals surface area contributed by atoms with Crippen LogP contribution < -0.4 is 10.3 Å². The second-order valence-electron chi connectivity index (χ2n) is 8.12. The highest BCUT2D eigenvalue weighted by Gasteiger charge is 2.52. The van der Waals surface area contributed by atoms with Crippen LogP contribution in [0.3, 0.4) is 0 Å². The monoisotopic (exact) mass is 374 g/mol. The Bertz CT molecular complexity index is 740. The summed E-state index contributed by atoms with van der Waals surface area (Å²) in [5.41, 5.74) is 4.87. The average Bonchev–Trinajstić information content (AvgIpc) is 3.41. The molecule has 140 valence electrons. The van der Waals surface area contributed by atoms with Crippen LogP contribution in [0.5, 0.6) is 0 Å². The van der Waals surface area contributed by atoms with Gasteiger partial charge in [0.05, 0.1) is 18.9 Å². The Balaban J connectivity index is 1.27. The second-order valence-corrected chi connectivity index (χ2v) is 9.10. The zero-order valence-corrected chi connectivity index (χ0v) is 16.1. The van der Waals surface area contributed by atoms with Gasteiger partial charge in [0.1, 0.15) is 4.88 Å². The van der Waals surface area contributed by atoms with Crippen molar-refractivity contribution in [3.63, 3.8) is 0 Å². The molecule has 1 aliphatic heterocycles. The molecule has 3 aliphatic carbocycles. The van der Waals surface area contributed by atoms with Crippen LogP contribution in [0.15, 0.2) is 5.10 Å². The highest BCUT2D eigenvalue weighted by atomic mass is 32.1. The molecule has 2 bridgehead atoms. The van der Waals surface area contributed by atoms with Crippen molar-refractivity contribution in [1.29, 1.82) is 0 Å². The maximum Gasteiger partial charge on any atom is 0.283 e. The van der Waals surface area contributed by atoms with Gasteiger partial charge in [-0.1, -0.05) is 17.8 Å². The number of aryl methyl sites for hydroxylation is 1. The number of aromatic nitrogens is 1. The lowest BCUT2D eigenvalue weighted by Gasteiger charge is -2.26. The van der Waals surface area contributed by atoms with Crippen LogP contribution in [0.2, 0.25) is 0 Å². The number of hydrogen-bond donors (Lipinski definition) is 1. The van der Waals surface area contributed by atoms with Gasteiger partial charge in [-0.2, -0.15) is 5.10 Å². The average molecular weight is 375 g/mol. The van der Waals surface area contributed by atoms with Crippen molar-refractivity contribution < 1.29 is 9.53 Å². The van der Waals surface area contributed by atoms with Gasteiger partial charge in [0.2, 0.25) is 0 Å². The van der Waals surface area contributed by atoms with Gasteiger partial charge < -0.3 is 9.64 Å². The smallest absolute Gasteiger partial charge is 0.283 e. The fraction of sp³-hybridized carbons (Fsp3) is 0.737. The Morgan fingerprint density at radius 1 is 1.31 bits per heavy atom. The van der Waals surface area contributed by atoms with Crippen molar-refractivity contribution in [2.24, 2.45) is 28.8 Å². The third-order valence-corrected chi connectivity index (χ3v) is 7.99. The Hall–Kier alpha value is -1.47. The Morgan fingerprint density at radius 3 is 2.96 bits per heavy atom. The number of fused-ring (bicyclic) bond motifs is 5. The first kappa shape index (κ1) is 16.7. The lowest BCUT2D eigenvalue weighted by atomic mass is 9.81. The summed E-state index contributed by atoms with van der Waals surface area (Å²) in [6.07, 6.45) is 6.54. The topological polar surface area (TPSA) is 66.8 Å². The van der Waals surface area contributed by atoms with Crippen molar-refractivity contribution in [2.45, 2.75) is 39.0 Å². The van der Waals surface area contributed by atoms with Gasteiger partial charge in [0, 0.05) is 24.7 Å². The number of hydrogen-bond acceptors (Lipinski definition) is 6. The van der Waals surface area contributed by atoms with Crippen LogP contribution in [0.25, 0.3) is 0 Å². The van der Waals surface area contributed by atoms with Gasteiger partial charge >= 0.3 is 0 Å². The number of nitrogens with one attached hydrogen (secondary N) is 1. The van der Waals surface area contributed by atoms with Crippen molar-refractivity contribution in [3.8, 4) is 0 Å².